The number of nitrogens with zero attached hydrogens (tertiary/aromatic N) is 4. The summed E-state index contributed by atoms with van der Waals surface area (Å²) in [6.07, 6.45) is 5.44. The molecule has 0 unspecified atom stereocenters. The highest BCUT2D eigenvalue weighted by Gasteiger charge is 2.09. The van der Waals surface area contributed by atoms with Gasteiger partial charge in [0.05, 0.1) is 12.8 Å². The number of aryl methyl sites for hydroxylation is 1. The van der Waals surface area contributed by atoms with Crippen LogP contribution in [0.5, 0.6) is 5.75 Å². The zero-order valence-electron chi connectivity index (χ0n) is 15.0. The molecule has 0 bridgehead atoms. The minimum atomic E-state index is 0.432. The molecule has 0 saturated heterocycles. The van der Waals surface area contributed by atoms with Gasteiger partial charge in [-0.2, -0.15) is 10.1 Å². The molecular weight excluding hydrogens is 340 g/mol. The van der Waals surface area contributed by atoms with Crippen LogP contribution >= 0.6 is 0 Å². The summed E-state index contributed by atoms with van der Waals surface area (Å²) in [6, 6.07) is 17.7. The number of hydrogen-bond donors (Lipinski definition) is 0. The highest BCUT2D eigenvalue weighted by atomic mass is 16.5. The van der Waals surface area contributed by atoms with E-state index >= 15 is 0 Å². The number of rotatable bonds is 5. The molecule has 0 N–H and O–H groups in total. The van der Waals surface area contributed by atoms with Crippen LogP contribution in [0.15, 0.2) is 65.3 Å². The van der Waals surface area contributed by atoms with Crippen molar-refractivity contribution in [1.82, 2.24) is 19.9 Å². The minimum Gasteiger partial charge on any atom is -0.496 e. The lowest BCUT2D eigenvalue weighted by Crippen LogP contribution is -1.93. The summed E-state index contributed by atoms with van der Waals surface area (Å²) in [5, 5.41) is 8.31. The summed E-state index contributed by atoms with van der Waals surface area (Å²) in [7, 11) is 3.56. The summed E-state index contributed by atoms with van der Waals surface area (Å²) >= 11 is 0. The van der Waals surface area contributed by atoms with E-state index in [1.165, 1.54) is 0 Å². The van der Waals surface area contributed by atoms with Gasteiger partial charge in [0, 0.05) is 36.0 Å². The summed E-state index contributed by atoms with van der Waals surface area (Å²) in [4.78, 5) is 4.47. The Balaban J connectivity index is 1.60. The van der Waals surface area contributed by atoms with E-state index in [0.29, 0.717) is 11.7 Å². The van der Waals surface area contributed by atoms with Crippen molar-refractivity contribution in [3.63, 3.8) is 0 Å². The first kappa shape index (κ1) is 16.8. The molecule has 0 radical (unpaired) electrons. The van der Waals surface area contributed by atoms with Crippen molar-refractivity contribution in [3.8, 4) is 28.4 Å². The Bertz CT molecular complexity index is 1090. The Morgan fingerprint density at radius 2 is 1.85 bits per heavy atom. The van der Waals surface area contributed by atoms with Gasteiger partial charge in [0.2, 0.25) is 5.82 Å². The zero-order chi connectivity index (χ0) is 18.6. The lowest BCUT2D eigenvalue weighted by Gasteiger charge is -2.03. The first-order valence-corrected chi connectivity index (χ1v) is 8.48. The van der Waals surface area contributed by atoms with Crippen molar-refractivity contribution in [2.24, 2.45) is 7.05 Å². The molecule has 4 rings (SSSR count). The molecule has 134 valence electrons. The third-order valence-corrected chi connectivity index (χ3v) is 4.22. The molecule has 0 amide bonds. The average Bonchev–Trinajstić information content (AvgIpc) is 3.36. The van der Waals surface area contributed by atoms with E-state index in [2.05, 4.69) is 15.2 Å². The highest BCUT2D eigenvalue weighted by molar-refractivity contribution is 5.71. The van der Waals surface area contributed by atoms with Gasteiger partial charge in [-0.05, 0) is 24.3 Å². The van der Waals surface area contributed by atoms with Crippen molar-refractivity contribution >= 4 is 12.2 Å². The van der Waals surface area contributed by atoms with Crippen LogP contribution < -0.4 is 4.74 Å². The summed E-state index contributed by atoms with van der Waals surface area (Å²) in [5.74, 6) is 1.76. The van der Waals surface area contributed by atoms with Gasteiger partial charge in [-0.3, -0.25) is 4.68 Å². The molecule has 6 nitrogen and oxygen atoms in total. The summed E-state index contributed by atoms with van der Waals surface area (Å²) in [6.45, 7) is 0. The molecule has 0 spiro atoms. The highest BCUT2D eigenvalue weighted by Crippen LogP contribution is 2.25. The maximum atomic E-state index is 5.36. The van der Waals surface area contributed by atoms with Gasteiger partial charge < -0.3 is 9.26 Å². The first-order chi connectivity index (χ1) is 13.2. The number of benzene rings is 2. The van der Waals surface area contributed by atoms with Crippen LogP contribution in [0.2, 0.25) is 0 Å². The normalized spacial score (nSPS) is 11.2. The van der Waals surface area contributed by atoms with E-state index < -0.39 is 0 Å². The van der Waals surface area contributed by atoms with Crippen LogP contribution in [0, 0.1) is 0 Å². The number of ether oxygens (including phenoxy) is 1. The monoisotopic (exact) mass is 358 g/mol. The Labute approximate surface area is 156 Å². The molecule has 4 aromatic rings. The molecule has 2 heterocycles. The summed E-state index contributed by atoms with van der Waals surface area (Å²) in [5.41, 5.74) is 3.90. The van der Waals surface area contributed by atoms with Crippen molar-refractivity contribution in [2.75, 3.05) is 7.11 Å². The largest absolute Gasteiger partial charge is 0.496 e. The second-order valence-corrected chi connectivity index (χ2v) is 5.95. The Kier molecular flexibility index (Phi) is 4.53. The average molecular weight is 358 g/mol. The van der Waals surface area contributed by atoms with Crippen LogP contribution in [0.4, 0.5) is 0 Å². The second-order valence-electron chi connectivity index (χ2n) is 5.95. The molecule has 0 atom stereocenters. The maximum Gasteiger partial charge on any atom is 0.250 e. The zero-order valence-corrected chi connectivity index (χ0v) is 15.0. The van der Waals surface area contributed by atoms with Gasteiger partial charge in [0.25, 0.3) is 5.89 Å². The standard InChI is InChI=1S/C21H18N4O2/c1-25-18(12-13-22-25)16-7-5-8-17(14-16)21-23-20(27-24-21)11-10-15-6-3-4-9-19(15)26-2/h3-14H,1-2H3. The van der Waals surface area contributed by atoms with Gasteiger partial charge in [-0.1, -0.05) is 41.6 Å². The smallest absolute Gasteiger partial charge is 0.250 e. The SMILES string of the molecule is COc1ccccc1C=Cc1nc(-c2cccc(-c3ccnn3C)c2)no1. The Morgan fingerprint density at radius 1 is 1.00 bits per heavy atom. The lowest BCUT2D eigenvalue weighted by atomic mass is 10.1. The van der Waals surface area contributed by atoms with Gasteiger partial charge in [0.1, 0.15) is 5.75 Å². The quantitative estimate of drug-likeness (QED) is 0.532. The number of hydrogen-bond acceptors (Lipinski definition) is 5. The van der Waals surface area contributed by atoms with Crippen LogP contribution in [0.3, 0.4) is 0 Å². The molecule has 2 aromatic carbocycles. The number of methoxy groups -OCH3 is 1. The van der Waals surface area contributed by atoms with Crippen molar-refractivity contribution in [2.45, 2.75) is 0 Å². The minimum absolute atomic E-state index is 0.432. The van der Waals surface area contributed by atoms with E-state index in [-0.39, 0.29) is 0 Å². The maximum absolute atomic E-state index is 5.36. The molecule has 27 heavy (non-hydrogen) atoms. The molecule has 0 aliphatic rings. The van der Waals surface area contributed by atoms with E-state index in [0.717, 1.165) is 28.1 Å². The second kappa shape index (κ2) is 7.29. The molecule has 6 heteroatoms. The van der Waals surface area contributed by atoms with Gasteiger partial charge >= 0.3 is 0 Å². The van der Waals surface area contributed by atoms with Crippen molar-refractivity contribution < 1.29 is 9.26 Å². The molecule has 0 aliphatic heterocycles. The lowest BCUT2D eigenvalue weighted by molar-refractivity contribution is 0.411. The van der Waals surface area contributed by atoms with Gasteiger partial charge in [-0.15, -0.1) is 0 Å². The van der Waals surface area contributed by atoms with E-state index in [9.17, 15) is 0 Å². The molecule has 0 fully saturated rings. The van der Waals surface area contributed by atoms with Crippen LogP contribution in [-0.2, 0) is 7.05 Å². The van der Waals surface area contributed by atoms with Crippen molar-refractivity contribution in [1.29, 1.82) is 0 Å². The third-order valence-electron chi connectivity index (χ3n) is 4.22. The van der Waals surface area contributed by atoms with Crippen LogP contribution in [0.1, 0.15) is 11.5 Å². The van der Waals surface area contributed by atoms with Gasteiger partial charge in [-0.25, -0.2) is 0 Å². The van der Waals surface area contributed by atoms with Crippen molar-refractivity contribution in [3.05, 3.63) is 72.2 Å². The molecule has 0 aliphatic carbocycles. The molecular formula is C21H18N4O2. The van der Waals surface area contributed by atoms with E-state index in [1.54, 1.807) is 19.4 Å². The predicted octanol–water partition coefficient (Wildman–Crippen LogP) is 4.32. The predicted molar refractivity (Wildman–Crippen MR) is 104 cm³/mol. The molecule has 2 aromatic heterocycles. The van der Waals surface area contributed by atoms with Gasteiger partial charge in [0.15, 0.2) is 0 Å². The number of aromatic nitrogens is 4. The number of para-hydroxylation sites is 1. The summed E-state index contributed by atoms with van der Waals surface area (Å²) < 4.78 is 12.5. The van der Waals surface area contributed by atoms with E-state index in [4.69, 9.17) is 9.26 Å². The fraction of sp³-hybridized carbons (Fsp3) is 0.0952. The topological polar surface area (TPSA) is 66.0 Å². The Morgan fingerprint density at radius 3 is 2.67 bits per heavy atom. The third kappa shape index (κ3) is 3.50. The van der Waals surface area contributed by atoms with Crippen LogP contribution in [0.25, 0.3) is 34.8 Å². The first-order valence-electron chi connectivity index (χ1n) is 8.48. The fourth-order valence-electron chi connectivity index (χ4n) is 2.86. The van der Waals surface area contributed by atoms with Crippen LogP contribution in [-0.4, -0.2) is 27.0 Å². The van der Waals surface area contributed by atoms with E-state index in [1.807, 2.05) is 72.4 Å². The fourth-order valence-corrected chi connectivity index (χ4v) is 2.86. The Hall–Kier alpha value is -3.67. The molecule has 0 saturated carbocycles.